The fourth-order valence-electron chi connectivity index (χ4n) is 9.18. The van der Waals surface area contributed by atoms with Crippen LogP contribution in [0.1, 0.15) is 66.5 Å². The number of fused-ring (bicyclic) bond motifs is 2. The van der Waals surface area contributed by atoms with E-state index in [1.165, 1.54) is 40.5 Å². The van der Waals surface area contributed by atoms with E-state index in [-0.39, 0.29) is 68.9 Å². The predicted octanol–water partition coefficient (Wildman–Crippen LogP) is -0.147. The van der Waals surface area contributed by atoms with Crippen molar-refractivity contribution in [3.8, 4) is 0 Å². The van der Waals surface area contributed by atoms with Crippen molar-refractivity contribution in [1.29, 1.82) is 0 Å². The zero-order valence-corrected chi connectivity index (χ0v) is 44.2. The normalized spacial score (nSPS) is 29.8. The summed E-state index contributed by atoms with van der Waals surface area (Å²) in [6.07, 6.45) is 4.05. The highest BCUT2D eigenvalue weighted by molar-refractivity contribution is 7.46. The first kappa shape index (κ1) is 63.7. The maximum atomic E-state index is 11.4. The van der Waals surface area contributed by atoms with Gasteiger partial charge in [0.05, 0.1) is 50.4 Å². The largest absolute Gasteiger partial charge is 0.469 e. The molecule has 4 aliphatic heterocycles. The van der Waals surface area contributed by atoms with Crippen molar-refractivity contribution < 1.29 is 106 Å². The monoisotopic (exact) mass is 1160 g/mol. The number of imidazole rings is 1. The van der Waals surface area contributed by atoms with E-state index in [4.69, 9.17) is 48.3 Å². The number of nitrogens with zero attached hydrogens (tertiary/aromatic N) is 6. The lowest BCUT2D eigenvalue weighted by molar-refractivity contribution is -0.162. The Morgan fingerprint density at radius 3 is 1.87 bits per heavy atom. The number of carbonyl (C=O) groups is 2. The number of unbranched alkanes of at least 4 members (excludes halogenated alkanes) is 1. The summed E-state index contributed by atoms with van der Waals surface area (Å²) < 4.78 is 70.4. The number of aliphatic hydroxyl groups is 4. The Balaban J connectivity index is 0.000000216. The number of amides is 2. The van der Waals surface area contributed by atoms with Crippen molar-refractivity contribution in [1.82, 2.24) is 40.0 Å². The Bertz CT molecular complexity index is 2580. The molecular formula is C43H70N9O22P3. The molecule has 0 aromatic carbocycles. The summed E-state index contributed by atoms with van der Waals surface area (Å²) in [7, 11) is -13.9. The Morgan fingerprint density at radius 1 is 0.740 bits per heavy atom. The van der Waals surface area contributed by atoms with E-state index >= 15 is 0 Å². The molecule has 6 aliphatic rings. The summed E-state index contributed by atoms with van der Waals surface area (Å²) in [5, 5.41) is 48.8. The molecule has 0 radical (unpaired) electrons. The van der Waals surface area contributed by atoms with Gasteiger partial charge in [-0.2, -0.15) is 0 Å². The summed E-state index contributed by atoms with van der Waals surface area (Å²) in [5.41, 5.74) is 0.819. The molecule has 0 spiro atoms. The van der Waals surface area contributed by atoms with Crippen LogP contribution in [0.4, 0.5) is 5.82 Å². The van der Waals surface area contributed by atoms with Crippen LogP contribution in [0.5, 0.6) is 0 Å². The van der Waals surface area contributed by atoms with Crippen LogP contribution in [0.25, 0.3) is 11.2 Å². The number of phosphoric acid groups is 3. The number of phosphoric ester groups is 3. The molecule has 434 valence electrons. The number of aliphatic hydroxyl groups excluding tert-OH is 4. The lowest BCUT2D eigenvalue weighted by Crippen LogP contribution is -2.45. The van der Waals surface area contributed by atoms with E-state index in [9.17, 15) is 43.7 Å². The van der Waals surface area contributed by atoms with Crippen LogP contribution in [0.3, 0.4) is 0 Å². The van der Waals surface area contributed by atoms with E-state index in [2.05, 4.69) is 64.6 Å². The number of ether oxygens (including phenoxy) is 4. The second kappa shape index (κ2) is 26.9. The zero-order valence-electron chi connectivity index (χ0n) is 41.5. The highest BCUT2D eigenvalue weighted by atomic mass is 31.2. The summed E-state index contributed by atoms with van der Waals surface area (Å²) in [6, 6.07) is -0.763. The molecule has 4 fully saturated rings. The number of anilines is 1. The van der Waals surface area contributed by atoms with Gasteiger partial charge in [-0.15, -0.1) is 0 Å². The summed E-state index contributed by atoms with van der Waals surface area (Å²) in [5.74, 6) is -1.11. The van der Waals surface area contributed by atoms with Gasteiger partial charge in [0, 0.05) is 56.1 Å². The third kappa shape index (κ3) is 17.4. The molecule has 2 saturated heterocycles. The summed E-state index contributed by atoms with van der Waals surface area (Å²) in [4.78, 5) is 91.4. The third-order valence-electron chi connectivity index (χ3n) is 12.7. The van der Waals surface area contributed by atoms with Gasteiger partial charge < -0.3 is 94.5 Å². The van der Waals surface area contributed by atoms with Crippen LogP contribution in [-0.4, -0.2) is 191 Å². The number of hydrogen-bond donors (Lipinski definition) is 13. The van der Waals surface area contributed by atoms with Crippen LogP contribution in [-0.2, 0) is 55.8 Å². The van der Waals surface area contributed by atoms with Gasteiger partial charge >= 0.3 is 23.5 Å². The summed E-state index contributed by atoms with van der Waals surface area (Å²) >= 11 is 0. The van der Waals surface area contributed by atoms with Crippen molar-refractivity contribution >= 4 is 52.3 Å². The SMILES string of the molecule is C.C=C1NC(=O)C=CN1[C@@H]1C[C@H](COP(=O)(O)O)[C@@H](O)C1O.C=C1NC(=O)C=CN1[C@@H]1C[C@H](COP(=O)(O)O)[C@H]2OC(C)(C)OC12.CCCCOCCCNc1ncnc2c1ncn2[C@@H]1O[C@H](COP(=O)(O)O)[C@@H](O)C1O. The number of carbonyl (C=O) groups excluding carboxylic acids is 2. The standard InChI is InChI=1S/C17H28N5O8P.C14H21N2O7P.C11H17N2O7P.CH4/c1-2-3-6-28-7-4-5-18-15-12-16(20-9-19-15)22(10-21-12)17-14(24)13(23)11(30-17)8-29-31(25,26)27;1-8-15-11(17)4-5-16(8)10-6-9(7-21-24(18,19)20)12-13(10)23-14(2,3)22-12;1-6-12-9(14)2-3-13(6)8-4-7(10(15)11(8)16)5-20-21(17,18)19;/h9-11,13-14,17,23-24H,2-8H2,1H3,(H,18,19,20)(H2,25,26,27);4-5,9-10,12-13H,1,6-7H2,2-3H3,(H,15,17)(H2,18,19,20);2-3,7-8,10-11,15-16H,1,4-5H2,(H,12,14)(H2,17,18,19);1H4/t11-,13-,14?,17-;9-,10-,12-,13?;7-,8-,10-,11?;/m111./s1. The first-order chi connectivity index (χ1) is 35.6. The maximum absolute atomic E-state index is 11.4. The van der Waals surface area contributed by atoms with Crippen molar-refractivity contribution in [2.24, 2.45) is 11.8 Å². The highest BCUT2D eigenvalue weighted by Gasteiger charge is 2.56. The number of nitrogens with one attached hydrogen (secondary N) is 3. The van der Waals surface area contributed by atoms with Crippen molar-refractivity contribution in [2.45, 2.75) is 127 Å². The molecule has 6 heterocycles. The van der Waals surface area contributed by atoms with Crippen molar-refractivity contribution in [2.75, 3.05) is 44.9 Å². The van der Waals surface area contributed by atoms with E-state index < -0.39 is 84.6 Å². The smallest absolute Gasteiger partial charge is 0.390 e. The Morgan fingerprint density at radius 2 is 1.29 bits per heavy atom. The molecular weight excluding hydrogens is 1090 g/mol. The quantitative estimate of drug-likeness (QED) is 0.0606. The highest BCUT2D eigenvalue weighted by Crippen LogP contribution is 2.47. The van der Waals surface area contributed by atoms with Crippen LogP contribution >= 0.6 is 23.5 Å². The molecule has 2 aliphatic carbocycles. The molecule has 3 unspecified atom stereocenters. The molecule has 34 heteroatoms. The van der Waals surface area contributed by atoms with E-state index in [0.717, 1.165) is 25.9 Å². The van der Waals surface area contributed by atoms with Gasteiger partial charge in [-0.1, -0.05) is 33.9 Å². The summed E-state index contributed by atoms with van der Waals surface area (Å²) in [6.45, 7) is 14.1. The van der Waals surface area contributed by atoms with Gasteiger partial charge in [0.2, 0.25) is 0 Å². The minimum atomic E-state index is -4.74. The Hall–Kier alpha value is -4.14. The van der Waals surface area contributed by atoms with Crippen molar-refractivity contribution in [3.63, 3.8) is 0 Å². The minimum absolute atomic E-state index is 0. The van der Waals surface area contributed by atoms with E-state index in [1.807, 2.05) is 0 Å². The first-order valence-corrected chi connectivity index (χ1v) is 28.4. The first-order valence-electron chi connectivity index (χ1n) is 23.8. The molecule has 31 nitrogen and oxygen atoms in total. The van der Waals surface area contributed by atoms with E-state index in [1.54, 1.807) is 24.9 Å². The van der Waals surface area contributed by atoms with Gasteiger partial charge in [0.1, 0.15) is 48.5 Å². The van der Waals surface area contributed by atoms with Gasteiger partial charge in [0.15, 0.2) is 29.0 Å². The average Bonchev–Trinajstić information content (AvgIpc) is 4.12. The predicted molar refractivity (Wildman–Crippen MR) is 267 cm³/mol. The molecule has 2 aromatic rings. The lowest BCUT2D eigenvalue weighted by atomic mass is 10.1. The van der Waals surface area contributed by atoms with Gasteiger partial charge in [0.25, 0.3) is 11.8 Å². The van der Waals surface area contributed by atoms with Crippen LogP contribution in [0.15, 0.2) is 62.0 Å². The molecule has 12 atom stereocenters. The fraction of sp³-hybridized carbons (Fsp3) is 0.651. The molecule has 2 amide bonds. The van der Waals surface area contributed by atoms with Gasteiger partial charge in [-0.3, -0.25) is 27.7 Å². The lowest BCUT2D eigenvalue weighted by Gasteiger charge is -2.34. The zero-order chi connectivity index (χ0) is 55.9. The molecule has 0 bridgehead atoms. The Labute approximate surface area is 442 Å². The van der Waals surface area contributed by atoms with E-state index in [0.29, 0.717) is 42.4 Å². The minimum Gasteiger partial charge on any atom is -0.390 e. The second-order valence-corrected chi connectivity index (χ2v) is 22.4. The molecule has 2 saturated carbocycles. The van der Waals surface area contributed by atoms with Crippen LogP contribution in [0.2, 0.25) is 0 Å². The van der Waals surface area contributed by atoms with Gasteiger partial charge in [-0.05, 0) is 39.5 Å². The fourth-order valence-corrected chi connectivity index (χ4v) is 10.3. The van der Waals surface area contributed by atoms with Crippen molar-refractivity contribution in [3.05, 3.63) is 62.0 Å². The van der Waals surface area contributed by atoms with Crippen LogP contribution in [0, 0.1) is 11.8 Å². The molecule has 77 heavy (non-hydrogen) atoms. The molecule has 8 rings (SSSR count). The van der Waals surface area contributed by atoms with Gasteiger partial charge in [-0.25, -0.2) is 28.6 Å². The average molecular weight is 1160 g/mol. The molecule has 2 aromatic heterocycles. The van der Waals surface area contributed by atoms with Crippen LogP contribution < -0.4 is 16.0 Å². The topological polar surface area (TPSA) is 438 Å². The number of hydrogen-bond acceptors (Lipinski definition) is 22. The maximum Gasteiger partial charge on any atom is 0.469 e. The third-order valence-corrected chi connectivity index (χ3v) is 14.1. The number of rotatable bonds is 20. The Kier molecular flexibility index (Phi) is 22.2. The number of aromatic nitrogens is 4. The molecule has 13 N–H and O–H groups in total. The second-order valence-electron chi connectivity index (χ2n) is 18.7.